The van der Waals surface area contributed by atoms with Gasteiger partial charge in [0.05, 0.1) is 10.5 Å². The maximum atomic E-state index is 12.5. The maximum absolute atomic E-state index is 12.5. The summed E-state index contributed by atoms with van der Waals surface area (Å²) < 4.78 is 69.1. The molecule has 0 bridgehead atoms. The van der Waals surface area contributed by atoms with Gasteiger partial charge in [-0.1, -0.05) is 0 Å². The van der Waals surface area contributed by atoms with Crippen LogP contribution in [0, 0.1) is 0 Å². The molecule has 0 fully saturated rings. The fourth-order valence-electron chi connectivity index (χ4n) is 1.81. The van der Waals surface area contributed by atoms with Gasteiger partial charge in [0.2, 0.25) is 0 Å². The molecule has 0 atom stereocenters. The number of hydrogen-bond donors (Lipinski definition) is 2. The van der Waals surface area contributed by atoms with Crippen LogP contribution in [-0.4, -0.2) is 20.9 Å². The molecule has 0 heterocycles. The molecule has 0 spiro atoms. The van der Waals surface area contributed by atoms with Crippen molar-refractivity contribution < 1.29 is 31.1 Å². The summed E-state index contributed by atoms with van der Waals surface area (Å²) in [4.78, 5) is 10.3. The van der Waals surface area contributed by atoms with E-state index in [4.69, 9.17) is 10.5 Å². The summed E-state index contributed by atoms with van der Waals surface area (Å²) in [6.45, 7) is -0.323. The number of hydrogen-bond acceptors (Lipinski definition) is 4. The van der Waals surface area contributed by atoms with Crippen molar-refractivity contribution in [3.63, 3.8) is 0 Å². The van der Waals surface area contributed by atoms with Crippen molar-refractivity contribution in [3.05, 3.63) is 54.1 Å². The van der Waals surface area contributed by atoms with Crippen molar-refractivity contribution in [3.8, 4) is 5.75 Å². The number of ether oxygens (including phenoxy) is 1. The third-order valence-corrected chi connectivity index (χ3v) is 4.38. The zero-order chi connectivity index (χ0) is 18.7. The standard InChI is InChI=1S/C15H13F3N2O4S/c16-15(17,18)10-1-7-13(8-2-10)25(22,23)20-11-3-5-12(6-4-11)24-9-14(19)21/h1-8,20H,9H2,(H2,19,21). The topological polar surface area (TPSA) is 98.5 Å². The van der Waals surface area contributed by atoms with Gasteiger partial charge < -0.3 is 10.5 Å². The number of carbonyl (C=O) groups is 1. The van der Waals surface area contributed by atoms with Crippen molar-refractivity contribution in [1.82, 2.24) is 0 Å². The van der Waals surface area contributed by atoms with Gasteiger partial charge >= 0.3 is 6.18 Å². The average Bonchev–Trinajstić information content (AvgIpc) is 2.53. The lowest BCUT2D eigenvalue weighted by atomic mass is 10.2. The van der Waals surface area contributed by atoms with E-state index in [0.717, 1.165) is 12.1 Å². The third kappa shape index (κ3) is 5.11. The minimum absolute atomic E-state index is 0.173. The fraction of sp³-hybridized carbons (Fsp3) is 0.133. The van der Waals surface area contributed by atoms with Gasteiger partial charge in [-0.3, -0.25) is 9.52 Å². The molecule has 2 aromatic carbocycles. The summed E-state index contributed by atoms with van der Waals surface area (Å²) in [5.41, 5.74) is 4.16. The van der Waals surface area contributed by atoms with E-state index in [1.165, 1.54) is 24.3 Å². The van der Waals surface area contributed by atoms with Crippen LogP contribution in [0.5, 0.6) is 5.75 Å². The largest absolute Gasteiger partial charge is 0.484 e. The van der Waals surface area contributed by atoms with E-state index in [9.17, 15) is 26.4 Å². The third-order valence-electron chi connectivity index (χ3n) is 2.98. The number of carbonyl (C=O) groups excluding carboxylic acids is 1. The number of alkyl halides is 3. The predicted molar refractivity (Wildman–Crippen MR) is 83.4 cm³/mol. The first-order chi connectivity index (χ1) is 11.6. The van der Waals surface area contributed by atoms with Crippen LogP contribution in [0.1, 0.15) is 5.56 Å². The van der Waals surface area contributed by atoms with E-state index in [1.54, 1.807) is 0 Å². The van der Waals surface area contributed by atoms with Crippen LogP contribution in [-0.2, 0) is 21.0 Å². The Morgan fingerprint density at radius 3 is 2.08 bits per heavy atom. The highest BCUT2D eigenvalue weighted by Gasteiger charge is 2.30. The average molecular weight is 374 g/mol. The number of sulfonamides is 1. The second kappa shape index (κ2) is 7.01. The molecule has 0 unspecified atom stereocenters. The second-order valence-electron chi connectivity index (χ2n) is 4.91. The van der Waals surface area contributed by atoms with Gasteiger partial charge in [-0.25, -0.2) is 8.42 Å². The van der Waals surface area contributed by atoms with Crippen molar-refractivity contribution in [2.75, 3.05) is 11.3 Å². The predicted octanol–water partition coefficient (Wildman–Crippen LogP) is 2.37. The lowest BCUT2D eigenvalue weighted by Gasteiger charge is -2.11. The van der Waals surface area contributed by atoms with E-state index in [2.05, 4.69) is 4.72 Å². The van der Waals surface area contributed by atoms with Gasteiger partial charge in [-0.2, -0.15) is 13.2 Å². The molecule has 25 heavy (non-hydrogen) atoms. The second-order valence-corrected chi connectivity index (χ2v) is 6.59. The number of nitrogens with one attached hydrogen (secondary N) is 1. The normalized spacial score (nSPS) is 11.8. The van der Waals surface area contributed by atoms with Gasteiger partial charge in [0, 0.05) is 5.69 Å². The van der Waals surface area contributed by atoms with Crippen molar-refractivity contribution >= 4 is 21.6 Å². The summed E-state index contributed by atoms with van der Waals surface area (Å²) in [6.07, 6.45) is -4.55. The molecule has 134 valence electrons. The van der Waals surface area contributed by atoms with Gasteiger partial charge in [0.25, 0.3) is 15.9 Å². The number of anilines is 1. The smallest absolute Gasteiger partial charge is 0.416 e. The molecule has 3 N–H and O–H groups in total. The van der Waals surface area contributed by atoms with E-state index < -0.39 is 27.7 Å². The van der Waals surface area contributed by atoms with Gasteiger partial charge in [-0.15, -0.1) is 0 Å². The zero-order valence-electron chi connectivity index (χ0n) is 12.6. The Kier molecular flexibility index (Phi) is 5.21. The zero-order valence-corrected chi connectivity index (χ0v) is 13.4. The highest BCUT2D eigenvalue weighted by atomic mass is 32.2. The van der Waals surface area contributed by atoms with Crippen LogP contribution in [0.15, 0.2) is 53.4 Å². The minimum atomic E-state index is -4.55. The summed E-state index contributed by atoms with van der Waals surface area (Å²) in [5.74, 6) is -0.358. The summed E-state index contributed by atoms with van der Waals surface area (Å²) in [7, 11) is -4.05. The Balaban J connectivity index is 2.11. The quantitative estimate of drug-likeness (QED) is 0.811. The molecule has 6 nitrogen and oxygen atoms in total. The first kappa shape index (κ1) is 18.6. The Labute approximate surface area is 141 Å². The Hall–Kier alpha value is -2.75. The first-order valence-electron chi connectivity index (χ1n) is 6.79. The molecular weight excluding hydrogens is 361 g/mol. The van der Waals surface area contributed by atoms with Crippen molar-refractivity contribution in [1.29, 1.82) is 0 Å². The molecular formula is C15H13F3N2O4S. The van der Waals surface area contributed by atoms with Crippen LogP contribution in [0.25, 0.3) is 0 Å². The molecule has 0 saturated heterocycles. The van der Waals surface area contributed by atoms with Gasteiger partial charge in [0.15, 0.2) is 6.61 Å². The summed E-state index contributed by atoms with van der Waals surface area (Å²) >= 11 is 0. The number of primary amides is 1. The highest BCUT2D eigenvalue weighted by molar-refractivity contribution is 7.92. The number of halogens is 3. The molecule has 2 rings (SSSR count). The number of amides is 1. The summed E-state index contributed by atoms with van der Waals surface area (Å²) in [6, 6.07) is 8.69. The van der Waals surface area contributed by atoms with Crippen LogP contribution < -0.4 is 15.2 Å². The van der Waals surface area contributed by atoms with Crippen molar-refractivity contribution in [2.24, 2.45) is 5.73 Å². The van der Waals surface area contributed by atoms with E-state index >= 15 is 0 Å². The van der Waals surface area contributed by atoms with Crippen LogP contribution in [0.3, 0.4) is 0 Å². The van der Waals surface area contributed by atoms with Crippen LogP contribution in [0.4, 0.5) is 18.9 Å². The molecule has 10 heteroatoms. The molecule has 0 aliphatic rings. The minimum Gasteiger partial charge on any atom is -0.484 e. The number of rotatable bonds is 6. The van der Waals surface area contributed by atoms with Crippen LogP contribution >= 0.6 is 0 Å². The van der Waals surface area contributed by atoms with Crippen molar-refractivity contribution in [2.45, 2.75) is 11.1 Å². The van der Waals surface area contributed by atoms with E-state index in [0.29, 0.717) is 17.9 Å². The lowest BCUT2D eigenvalue weighted by molar-refractivity contribution is -0.137. The molecule has 0 radical (unpaired) electrons. The maximum Gasteiger partial charge on any atom is 0.416 e. The first-order valence-corrected chi connectivity index (χ1v) is 8.27. The van der Waals surface area contributed by atoms with E-state index in [-0.39, 0.29) is 17.2 Å². The molecule has 0 aliphatic carbocycles. The Morgan fingerprint density at radius 1 is 1.04 bits per heavy atom. The fourth-order valence-corrected chi connectivity index (χ4v) is 2.87. The van der Waals surface area contributed by atoms with E-state index in [1.807, 2.05) is 0 Å². The molecule has 2 aromatic rings. The summed E-state index contributed by atoms with van der Waals surface area (Å²) in [5, 5.41) is 0. The molecule has 0 aromatic heterocycles. The number of nitrogens with two attached hydrogens (primary N) is 1. The monoisotopic (exact) mass is 374 g/mol. The molecule has 1 amide bonds. The molecule has 0 aliphatic heterocycles. The lowest BCUT2D eigenvalue weighted by Crippen LogP contribution is -2.20. The number of benzene rings is 2. The Bertz CT molecular complexity index is 848. The Morgan fingerprint density at radius 2 is 1.60 bits per heavy atom. The SMILES string of the molecule is NC(=O)COc1ccc(NS(=O)(=O)c2ccc(C(F)(F)F)cc2)cc1. The molecule has 0 saturated carbocycles. The highest BCUT2D eigenvalue weighted by Crippen LogP contribution is 2.30. The van der Waals surface area contributed by atoms with Crippen LogP contribution in [0.2, 0.25) is 0 Å². The van der Waals surface area contributed by atoms with Gasteiger partial charge in [0.1, 0.15) is 5.75 Å². The van der Waals surface area contributed by atoms with Gasteiger partial charge in [-0.05, 0) is 48.5 Å².